The first kappa shape index (κ1) is 11.8. The van der Waals surface area contributed by atoms with E-state index in [1.54, 1.807) is 24.3 Å². The summed E-state index contributed by atoms with van der Waals surface area (Å²) in [6.45, 7) is 0. The standard InChI is InChI=1S/C12H8ClNO2S/c13-9-4-1-8(2-5-9)3-6-10-11(12(15)16)17-7-14-10/h1-7H,(H,15,16)/b6-3+. The zero-order valence-corrected chi connectivity index (χ0v) is 10.2. The van der Waals surface area contributed by atoms with Gasteiger partial charge in [0.15, 0.2) is 0 Å². The number of rotatable bonds is 3. The minimum Gasteiger partial charge on any atom is -0.477 e. The number of carboxylic acid groups (broad SMARTS) is 1. The van der Waals surface area contributed by atoms with Gasteiger partial charge in [-0.05, 0) is 23.8 Å². The van der Waals surface area contributed by atoms with Gasteiger partial charge in [-0.15, -0.1) is 11.3 Å². The summed E-state index contributed by atoms with van der Waals surface area (Å²) in [5.74, 6) is -0.955. The summed E-state index contributed by atoms with van der Waals surface area (Å²) >= 11 is 6.88. The van der Waals surface area contributed by atoms with Gasteiger partial charge in [-0.3, -0.25) is 0 Å². The van der Waals surface area contributed by atoms with E-state index in [-0.39, 0.29) is 4.88 Å². The number of carboxylic acids is 1. The maximum Gasteiger partial charge on any atom is 0.348 e. The third-order valence-corrected chi connectivity index (χ3v) is 3.18. The van der Waals surface area contributed by atoms with Crippen molar-refractivity contribution < 1.29 is 9.90 Å². The molecule has 0 bridgehead atoms. The highest BCUT2D eigenvalue weighted by molar-refractivity contribution is 7.11. The van der Waals surface area contributed by atoms with Crippen molar-refractivity contribution in [2.75, 3.05) is 0 Å². The fraction of sp³-hybridized carbons (Fsp3) is 0. The fourth-order valence-electron chi connectivity index (χ4n) is 1.28. The highest BCUT2D eigenvalue weighted by Gasteiger charge is 2.10. The summed E-state index contributed by atoms with van der Waals surface area (Å²) in [7, 11) is 0. The summed E-state index contributed by atoms with van der Waals surface area (Å²) in [6.07, 6.45) is 3.49. The van der Waals surface area contributed by atoms with Gasteiger partial charge in [0.2, 0.25) is 0 Å². The smallest absolute Gasteiger partial charge is 0.348 e. The normalized spacial score (nSPS) is 10.9. The zero-order valence-electron chi connectivity index (χ0n) is 8.63. The molecule has 0 unspecified atom stereocenters. The first-order chi connectivity index (χ1) is 8.16. The molecule has 0 amide bonds. The first-order valence-electron chi connectivity index (χ1n) is 4.77. The van der Waals surface area contributed by atoms with Crippen molar-refractivity contribution in [1.82, 2.24) is 4.98 Å². The van der Waals surface area contributed by atoms with Gasteiger partial charge >= 0.3 is 5.97 Å². The molecule has 1 aromatic heterocycles. The van der Waals surface area contributed by atoms with Crippen LogP contribution in [0.4, 0.5) is 0 Å². The van der Waals surface area contributed by atoms with Crippen molar-refractivity contribution in [3.63, 3.8) is 0 Å². The van der Waals surface area contributed by atoms with Crippen LogP contribution in [0.5, 0.6) is 0 Å². The van der Waals surface area contributed by atoms with Gasteiger partial charge in [0.05, 0.1) is 11.2 Å². The number of carbonyl (C=O) groups is 1. The first-order valence-corrected chi connectivity index (χ1v) is 6.03. The van der Waals surface area contributed by atoms with E-state index in [2.05, 4.69) is 4.98 Å². The molecule has 17 heavy (non-hydrogen) atoms. The average molecular weight is 266 g/mol. The molecular weight excluding hydrogens is 258 g/mol. The molecule has 0 saturated heterocycles. The lowest BCUT2D eigenvalue weighted by molar-refractivity contribution is 0.0701. The van der Waals surface area contributed by atoms with E-state index in [9.17, 15) is 4.79 Å². The summed E-state index contributed by atoms with van der Waals surface area (Å²) in [5, 5.41) is 9.58. The van der Waals surface area contributed by atoms with E-state index < -0.39 is 5.97 Å². The molecule has 2 rings (SSSR count). The predicted octanol–water partition coefficient (Wildman–Crippen LogP) is 3.67. The van der Waals surface area contributed by atoms with Crippen molar-refractivity contribution in [2.24, 2.45) is 0 Å². The van der Waals surface area contributed by atoms with Gasteiger partial charge in [0.1, 0.15) is 4.88 Å². The topological polar surface area (TPSA) is 50.2 Å². The number of benzene rings is 1. The third kappa shape index (κ3) is 2.93. The van der Waals surface area contributed by atoms with Crippen molar-refractivity contribution in [3.8, 4) is 0 Å². The fourth-order valence-corrected chi connectivity index (χ4v) is 2.02. The van der Waals surface area contributed by atoms with Gasteiger partial charge in [0, 0.05) is 5.02 Å². The van der Waals surface area contributed by atoms with Crippen molar-refractivity contribution in [2.45, 2.75) is 0 Å². The molecule has 0 spiro atoms. The predicted molar refractivity (Wildman–Crippen MR) is 69.5 cm³/mol. The Hall–Kier alpha value is -1.65. The Kier molecular flexibility index (Phi) is 3.56. The number of nitrogens with zero attached hydrogens (tertiary/aromatic N) is 1. The summed E-state index contributed by atoms with van der Waals surface area (Å²) in [5.41, 5.74) is 2.93. The van der Waals surface area contributed by atoms with Crippen LogP contribution in [0.15, 0.2) is 29.8 Å². The molecule has 1 aromatic carbocycles. The lowest BCUT2D eigenvalue weighted by Crippen LogP contribution is -1.94. The summed E-state index contributed by atoms with van der Waals surface area (Å²) in [6, 6.07) is 7.26. The highest BCUT2D eigenvalue weighted by atomic mass is 35.5. The van der Waals surface area contributed by atoms with Gasteiger partial charge in [0.25, 0.3) is 0 Å². The Bertz CT molecular complexity index is 560. The van der Waals surface area contributed by atoms with Crippen LogP contribution in [-0.4, -0.2) is 16.1 Å². The Morgan fingerprint density at radius 1 is 1.29 bits per heavy atom. The third-order valence-electron chi connectivity index (χ3n) is 2.09. The lowest BCUT2D eigenvalue weighted by Gasteiger charge is -1.93. The second kappa shape index (κ2) is 5.12. The monoisotopic (exact) mass is 265 g/mol. The van der Waals surface area contributed by atoms with Crippen molar-refractivity contribution >= 4 is 41.1 Å². The molecule has 0 radical (unpaired) electrons. The molecular formula is C12H8ClNO2S. The van der Waals surface area contributed by atoms with Gasteiger partial charge in [-0.25, -0.2) is 9.78 Å². The Balaban J connectivity index is 2.23. The quantitative estimate of drug-likeness (QED) is 0.921. The number of aromatic nitrogens is 1. The van der Waals surface area contributed by atoms with E-state index >= 15 is 0 Å². The Labute approximate surface area is 107 Å². The largest absolute Gasteiger partial charge is 0.477 e. The SMILES string of the molecule is O=C(O)c1scnc1/C=C/c1ccc(Cl)cc1. The number of hydrogen-bond acceptors (Lipinski definition) is 3. The number of hydrogen-bond donors (Lipinski definition) is 1. The highest BCUT2D eigenvalue weighted by Crippen LogP contribution is 2.17. The molecule has 3 nitrogen and oxygen atoms in total. The molecule has 2 aromatic rings. The molecule has 5 heteroatoms. The molecule has 1 N–H and O–H groups in total. The van der Waals surface area contributed by atoms with Crippen LogP contribution in [0.1, 0.15) is 20.9 Å². The second-order valence-corrected chi connectivity index (χ2v) is 4.55. The lowest BCUT2D eigenvalue weighted by atomic mass is 10.2. The maximum absolute atomic E-state index is 10.9. The Morgan fingerprint density at radius 2 is 2.00 bits per heavy atom. The molecule has 0 aliphatic rings. The van der Waals surface area contributed by atoms with Crippen LogP contribution >= 0.6 is 22.9 Å². The van der Waals surface area contributed by atoms with Gasteiger partial charge in [-0.2, -0.15) is 0 Å². The minimum atomic E-state index is -0.955. The van der Waals surface area contributed by atoms with Crippen LogP contribution in [0, 0.1) is 0 Å². The van der Waals surface area contributed by atoms with Crippen LogP contribution in [0.3, 0.4) is 0 Å². The molecule has 0 atom stereocenters. The van der Waals surface area contributed by atoms with E-state index in [4.69, 9.17) is 16.7 Å². The van der Waals surface area contributed by atoms with Crippen molar-refractivity contribution in [3.05, 3.63) is 50.9 Å². The van der Waals surface area contributed by atoms with Crippen LogP contribution in [0.25, 0.3) is 12.2 Å². The van der Waals surface area contributed by atoms with Crippen LogP contribution in [-0.2, 0) is 0 Å². The molecule has 1 heterocycles. The maximum atomic E-state index is 10.9. The van der Waals surface area contributed by atoms with E-state index in [1.807, 2.05) is 12.1 Å². The van der Waals surface area contributed by atoms with Crippen molar-refractivity contribution in [1.29, 1.82) is 0 Å². The number of thiazole rings is 1. The molecule has 0 saturated carbocycles. The summed E-state index contributed by atoms with van der Waals surface area (Å²) < 4.78 is 0. The zero-order chi connectivity index (χ0) is 12.3. The minimum absolute atomic E-state index is 0.246. The molecule has 0 fully saturated rings. The van der Waals surface area contributed by atoms with Gasteiger partial charge in [-0.1, -0.05) is 29.8 Å². The number of halogens is 1. The van der Waals surface area contributed by atoms with E-state index in [0.29, 0.717) is 10.7 Å². The van der Waals surface area contributed by atoms with Gasteiger partial charge < -0.3 is 5.11 Å². The summed E-state index contributed by atoms with van der Waals surface area (Å²) in [4.78, 5) is 15.1. The van der Waals surface area contributed by atoms with E-state index in [1.165, 1.54) is 5.51 Å². The molecule has 0 aliphatic carbocycles. The Morgan fingerprint density at radius 3 is 2.65 bits per heavy atom. The second-order valence-electron chi connectivity index (χ2n) is 3.26. The molecule has 86 valence electrons. The van der Waals surface area contributed by atoms with E-state index in [0.717, 1.165) is 16.9 Å². The molecule has 0 aliphatic heterocycles. The van der Waals surface area contributed by atoms with Crippen LogP contribution in [0.2, 0.25) is 5.02 Å². The number of aromatic carboxylic acids is 1. The average Bonchev–Trinajstić information content (AvgIpc) is 2.76. The van der Waals surface area contributed by atoms with Crippen LogP contribution < -0.4 is 0 Å².